The number of amides is 1. The molecular weight excluding hydrogens is 286 g/mol. The second-order valence-electron chi connectivity index (χ2n) is 6.31. The Balaban J connectivity index is 2.07. The van der Waals surface area contributed by atoms with Gasteiger partial charge in [-0.3, -0.25) is 4.79 Å². The Bertz CT molecular complexity index is 683. The summed E-state index contributed by atoms with van der Waals surface area (Å²) < 4.78 is 5.38. The first kappa shape index (κ1) is 15.6. The average Bonchev–Trinajstić information content (AvgIpc) is 2.60. The van der Waals surface area contributed by atoms with Crippen LogP contribution in [-0.2, 0) is 16.6 Å². The van der Waals surface area contributed by atoms with E-state index in [4.69, 9.17) is 4.74 Å². The predicted molar refractivity (Wildman–Crippen MR) is 91.7 cm³/mol. The number of piperidine rings is 1. The lowest BCUT2D eigenvalue weighted by Gasteiger charge is -2.41. The van der Waals surface area contributed by atoms with Gasteiger partial charge < -0.3 is 9.64 Å². The van der Waals surface area contributed by atoms with Gasteiger partial charge >= 0.3 is 0 Å². The topological polar surface area (TPSA) is 29.5 Å². The summed E-state index contributed by atoms with van der Waals surface area (Å²) in [5.41, 5.74) is 1.75. The molecule has 23 heavy (non-hydrogen) atoms. The maximum Gasteiger partial charge on any atom is 0.233 e. The minimum absolute atomic E-state index is 0.209. The number of carbonyl (C=O) groups excluding carboxylic acids is 1. The van der Waals surface area contributed by atoms with Crippen molar-refractivity contribution in [3.05, 3.63) is 65.7 Å². The van der Waals surface area contributed by atoms with E-state index in [2.05, 4.69) is 18.2 Å². The highest BCUT2D eigenvalue weighted by Gasteiger charge is 2.44. The minimum Gasteiger partial charge on any atom is -0.497 e. The van der Waals surface area contributed by atoms with E-state index in [1.54, 1.807) is 7.11 Å². The summed E-state index contributed by atoms with van der Waals surface area (Å²) in [5, 5.41) is 0. The van der Waals surface area contributed by atoms with Crippen LogP contribution in [0.3, 0.4) is 0 Å². The summed E-state index contributed by atoms with van der Waals surface area (Å²) in [6.07, 6.45) is 2.62. The fourth-order valence-electron chi connectivity index (χ4n) is 3.59. The third-order valence-electron chi connectivity index (χ3n) is 4.82. The van der Waals surface area contributed by atoms with E-state index in [0.717, 1.165) is 37.1 Å². The largest absolute Gasteiger partial charge is 0.497 e. The van der Waals surface area contributed by atoms with Crippen molar-refractivity contribution in [1.29, 1.82) is 0 Å². The SMILES string of the molecule is COc1cccc(C2(Cc3ccccc3)CCCN(C)C2=O)c1. The molecule has 2 aromatic carbocycles. The second kappa shape index (κ2) is 6.45. The van der Waals surface area contributed by atoms with Crippen LogP contribution < -0.4 is 4.74 Å². The van der Waals surface area contributed by atoms with Crippen molar-refractivity contribution in [1.82, 2.24) is 4.90 Å². The van der Waals surface area contributed by atoms with Gasteiger partial charge in [-0.2, -0.15) is 0 Å². The Morgan fingerprint density at radius 2 is 1.91 bits per heavy atom. The van der Waals surface area contributed by atoms with Crippen LogP contribution >= 0.6 is 0 Å². The normalized spacial score (nSPS) is 21.3. The average molecular weight is 309 g/mol. The molecule has 3 rings (SSSR count). The van der Waals surface area contributed by atoms with Crippen LogP contribution in [0.1, 0.15) is 24.0 Å². The van der Waals surface area contributed by atoms with Gasteiger partial charge in [0.1, 0.15) is 5.75 Å². The molecule has 0 saturated carbocycles. The first-order valence-electron chi connectivity index (χ1n) is 8.10. The smallest absolute Gasteiger partial charge is 0.233 e. The van der Waals surface area contributed by atoms with Gasteiger partial charge in [-0.15, -0.1) is 0 Å². The Hall–Kier alpha value is -2.29. The number of rotatable bonds is 4. The number of nitrogens with zero attached hydrogens (tertiary/aromatic N) is 1. The summed E-state index contributed by atoms with van der Waals surface area (Å²) in [4.78, 5) is 15.0. The first-order chi connectivity index (χ1) is 11.2. The summed E-state index contributed by atoms with van der Waals surface area (Å²) in [6.45, 7) is 0.833. The third-order valence-corrected chi connectivity index (χ3v) is 4.82. The van der Waals surface area contributed by atoms with Gasteiger partial charge in [-0.1, -0.05) is 42.5 Å². The molecule has 2 aromatic rings. The molecular formula is C20H23NO2. The van der Waals surface area contributed by atoms with E-state index in [-0.39, 0.29) is 5.91 Å². The van der Waals surface area contributed by atoms with Gasteiger partial charge in [0.2, 0.25) is 5.91 Å². The number of likely N-dealkylation sites (N-methyl/N-ethyl adjacent to an activating group) is 1. The molecule has 0 N–H and O–H groups in total. The van der Waals surface area contributed by atoms with Crippen LogP contribution in [0.4, 0.5) is 0 Å². The number of carbonyl (C=O) groups is 1. The lowest BCUT2D eigenvalue weighted by atomic mass is 9.69. The number of likely N-dealkylation sites (tertiary alicyclic amines) is 1. The molecule has 1 unspecified atom stereocenters. The van der Waals surface area contributed by atoms with Crippen molar-refractivity contribution in [3.63, 3.8) is 0 Å². The highest BCUT2D eigenvalue weighted by atomic mass is 16.5. The maximum atomic E-state index is 13.1. The Labute approximate surface area is 137 Å². The summed E-state index contributed by atoms with van der Waals surface area (Å²) in [7, 11) is 3.57. The Morgan fingerprint density at radius 1 is 1.13 bits per heavy atom. The number of hydrogen-bond acceptors (Lipinski definition) is 2. The molecule has 1 heterocycles. The van der Waals surface area contributed by atoms with E-state index in [1.807, 2.05) is 48.3 Å². The van der Waals surface area contributed by atoms with E-state index >= 15 is 0 Å². The molecule has 0 spiro atoms. The molecule has 1 amide bonds. The van der Waals surface area contributed by atoms with E-state index in [0.29, 0.717) is 0 Å². The molecule has 1 saturated heterocycles. The van der Waals surface area contributed by atoms with Gasteiger partial charge in [0.25, 0.3) is 0 Å². The molecule has 3 heteroatoms. The Morgan fingerprint density at radius 3 is 2.65 bits per heavy atom. The van der Waals surface area contributed by atoms with Gasteiger partial charge in [-0.05, 0) is 42.5 Å². The molecule has 1 aliphatic heterocycles. The van der Waals surface area contributed by atoms with Crippen LogP contribution in [0.15, 0.2) is 54.6 Å². The number of ether oxygens (including phenoxy) is 1. The zero-order chi connectivity index (χ0) is 16.3. The molecule has 120 valence electrons. The molecule has 1 fully saturated rings. The first-order valence-corrected chi connectivity index (χ1v) is 8.10. The molecule has 1 aliphatic rings. The van der Waals surface area contributed by atoms with Gasteiger partial charge in [0, 0.05) is 13.6 Å². The fraction of sp³-hybridized carbons (Fsp3) is 0.350. The molecule has 0 aliphatic carbocycles. The van der Waals surface area contributed by atoms with Crippen molar-refractivity contribution in [2.45, 2.75) is 24.7 Å². The molecule has 3 nitrogen and oxygen atoms in total. The molecule has 0 aromatic heterocycles. The van der Waals surface area contributed by atoms with E-state index in [1.165, 1.54) is 5.56 Å². The number of benzene rings is 2. The molecule has 1 atom stereocenters. The van der Waals surface area contributed by atoms with Crippen molar-refractivity contribution in [2.24, 2.45) is 0 Å². The summed E-state index contributed by atoms with van der Waals surface area (Å²) in [5.74, 6) is 1.01. The van der Waals surface area contributed by atoms with Crippen LogP contribution in [0.25, 0.3) is 0 Å². The highest BCUT2D eigenvalue weighted by molar-refractivity contribution is 5.89. The zero-order valence-corrected chi connectivity index (χ0v) is 13.8. The summed E-state index contributed by atoms with van der Waals surface area (Å²) in [6, 6.07) is 18.3. The van der Waals surface area contributed by atoms with Gasteiger partial charge in [-0.25, -0.2) is 0 Å². The van der Waals surface area contributed by atoms with Gasteiger partial charge in [0.15, 0.2) is 0 Å². The van der Waals surface area contributed by atoms with Crippen molar-refractivity contribution in [3.8, 4) is 5.75 Å². The van der Waals surface area contributed by atoms with Crippen molar-refractivity contribution < 1.29 is 9.53 Å². The number of hydrogen-bond donors (Lipinski definition) is 0. The Kier molecular flexibility index (Phi) is 4.37. The predicted octanol–water partition coefficient (Wildman–Crippen LogP) is 3.43. The van der Waals surface area contributed by atoms with Crippen molar-refractivity contribution in [2.75, 3.05) is 20.7 Å². The fourth-order valence-corrected chi connectivity index (χ4v) is 3.59. The maximum absolute atomic E-state index is 13.1. The van der Waals surface area contributed by atoms with Crippen LogP contribution in [-0.4, -0.2) is 31.5 Å². The third kappa shape index (κ3) is 2.96. The second-order valence-corrected chi connectivity index (χ2v) is 6.31. The zero-order valence-electron chi connectivity index (χ0n) is 13.8. The summed E-state index contributed by atoms with van der Waals surface area (Å²) >= 11 is 0. The van der Waals surface area contributed by atoms with Gasteiger partial charge in [0.05, 0.1) is 12.5 Å². The van der Waals surface area contributed by atoms with E-state index < -0.39 is 5.41 Å². The lowest BCUT2D eigenvalue weighted by Crippen LogP contribution is -2.51. The van der Waals surface area contributed by atoms with E-state index in [9.17, 15) is 4.79 Å². The highest BCUT2D eigenvalue weighted by Crippen LogP contribution is 2.39. The van der Waals surface area contributed by atoms with Crippen molar-refractivity contribution >= 4 is 5.91 Å². The standard InChI is InChI=1S/C20H23NO2/c1-21-13-7-12-20(19(21)22,15-16-8-4-3-5-9-16)17-10-6-11-18(14-17)23-2/h3-6,8-11,14H,7,12-13,15H2,1-2H3. The molecule has 0 bridgehead atoms. The molecule has 0 radical (unpaired) electrons. The number of methoxy groups -OCH3 is 1. The van der Waals surface area contributed by atoms with Crippen LogP contribution in [0, 0.1) is 0 Å². The van der Waals surface area contributed by atoms with Crippen LogP contribution in [0.5, 0.6) is 5.75 Å². The van der Waals surface area contributed by atoms with Crippen LogP contribution in [0.2, 0.25) is 0 Å². The monoisotopic (exact) mass is 309 g/mol. The quantitative estimate of drug-likeness (QED) is 0.866. The minimum atomic E-state index is -0.497. The lowest BCUT2D eigenvalue weighted by molar-refractivity contribution is -0.139.